The van der Waals surface area contributed by atoms with Crippen molar-refractivity contribution in [1.29, 1.82) is 0 Å². The number of carbonyl (C=O) groups excluding carboxylic acids is 1. The van der Waals surface area contributed by atoms with Crippen molar-refractivity contribution in [3.8, 4) is 11.5 Å². The maximum Gasteiger partial charge on any atom is 0.257 e. The number of anilines is 2. The molecule has 0 saturated carbocycles. The van der Waals surface area contributed by atoms with Crippen LogP contribution in [0.1, 0.15) is 15.9 Å². The molecule has 0 unspecified atom stereocenters. The number of carbonyl (C=O) groups is 1. The minimum atomic E-state index is -1.04. The summed E-state index contributed by atoms with van der Waals surface area (Å²) < 4.78 is 36.8. The molecule has 1 amide bonds. The highest BCUT2D eigenvalue weighted by atomic mass is 19.2. The molecular weight excluding hydrogens is 380 g/mol. The van der Waals surface area contributed by atoms with Gasteiger partial charge in [-0.05, 0) is 35.9 Å². The van der Waals surface area contributed by atoms with Crippen LogP contribution < -0.4 is 20.1 Å². The van der Waals surface area contributed by atoms with E-state index in [1.807, 2.05) is 12.1 Å². The monoisotopic (exact) mass is 399 g/mol. The van der Waals surface area contributed by atoms with E-state index < -0.39 is 17.5 Å². The summed E-state index contributed by atoms with van der Waals surface area (Å²) in [6, 6.07) is 10.3. The number of amides is 1. The van der Waals surface area contributed by atoms with Gasteiger partial charge in [0.25, 0.3) is 5.91 Å². The number of hydrogen-bond donors (Lipinski definition) is 2. The van der Waals surface area contributed by atoms with E-state index in [4.69, 9.17) is 9.47 Å². The van der Waals surface area contributed by atoms with Gasteiger partial charge in [0.05, 0.1) is 25.5 Å². The minimum absolute atomic E-state index is 0.151. The Bertz CT molecular complexity index is 1030. The van der Waals surface area contributed by atoms with Gasteiger partial charge in [0.2, 0.25) is 0 Å². The van der Waals surface area contributed by atoms with Crippen LogP contribution in [0.2, 0.25) is 0 Å². The predicted octanol–water partition coefficient (Wildman–Crippen LogP) is 4.24. The van der Waals surface area contributed by atoms with Crippen LogP contribution in [0.4, 0.5) is 20.2 Å². The van der Waals surface area contributed by atoms with Gasteiger partial charge in [0.1, 0.15) is 0 Å². The molecule has 3 aromatic rings. The van der Waals surface area contributed by atoms with Crippen molar-refractivity contribution >= 4 is 17.3 Å². The van der Waals surface area contributed by atoms with Crippen LogP contribution in [0, 0.1) is 11.6 Å². The summed E-state index contributed by atoms with van der Waals surface area (Å²) in [4.78, 5) is 16.4. The summed E-state index contributed by atoms with van der Waals surface area (Å²) in [5.41, 5.74) is 1.99. The highest BCUT2D eigenvalue weighted by Crippen LogP contribution is 2.27. The average Bonchev–Trinajstić information content (AvgIpc) is 2.74. The number of aromatic nitrogens is 1. The van der Waals surface area contributed by atoms with Gasteiger partial charge in [-0.15, -0.1) is 0 Å². The van der Waals surface area contributed by atoms with Crippen LogP contribution in [-0.4, -0.2) is 25.1 Å². The third-order valence-electron chi connectivity index (χ3n) is 4.12. The zero-order valence-corrected chi connectivity index (χ0v) is 15.8. The predicted molar refractivity (Wildman–Crippen MR) is 105 cm³/mol. The zero-order chi connectivity index (χ0) is 20.8. The van der Waals surface area contributed by atoms with Crippen molar-refractivity contribution in [1.82, 2.24) is 4.98 Å². The van der Waals surface area contributed by atoms with Crippen LogP contribution in [0.5, 0.6) is 11.5 Å². The Kier molecular flexibility index (Phi) is 6.23. The van der Waals surface area contributed by atoms with Crippen LogP contribution in [0.3, 0.4) is 0 Å². The van der Waals surface area contributed by atoms with E-state index in [2.05, 4.69) is 15.6 Å². The second-order valence-corrected chi connectivity index (χ2v) is 6.09. The molecule has 150 valence electrons. The van der Waals surface area contributed by atoms with Gasteiger partial charge >= 0.3 is 0 Å². The SMILES string of the molecule is COc1ccc(CNc2cncc(C(=O)Nc3ccc(F)c(F)c3)c2)cc1OC. The molecule has 2 N–H and O–H groups in total. The molecule has 3 rings (SSSR count). The molecule has 0 saturated heterocycles. The lowest BCUT2D eigenvalue weighted by Crippen LogP contribution is -2.13. The van der Waals surface area contributed by atoms with Gasteiger partial charge < -0.3 is 20.1 Å². The Morgan fingerprint density at radius 2 is 1.72 bits per heavy atom. The Morgan fingerprint density at radius 1 is 0.931 bits per heavy atom. The van der Waals surface area contributed by atoms with Crippen molar-refractivity contribution < 1.29 is 23.0 Å². The summed E-state index contributed by atoms with van der Waals surface area (Å²) in [5.74, 6) is -1.26. The zero-order valence-electron chi connectivity index (χ0n) is 15.8. The lowest BCUT2D eigenvalue weighted by molar-refractivity contribution is 0.102. The molecule has 6 nitrogen and oxygen atoms in total. The standard InChI is InChI=1S/C21H19F2N3O3/c1-28-19-6-3-13(7-20(19)29-2)10-25-16-8-14(11-24-12-16)21(27)26-15-4-5-17(22)18(23)9-15/h3-9,11-12,25H,10H2,1-2H3,(H,26,27). The summed E-state index contributed by atoms with van der Waals surface area (Å²) in [6.07, 6.45) is 2.96. The highest BCUT2D eigenvalue weighted by molar-refractivity contribution is 6.04. The molecule has 0 aliphatic heterocycles. The maximum atomic E-state index is 13.3. The van der Waals surface area contributed by atoms with E-state index in [1.54, 1.807) is 32.5 Å². The Balaban J connectivity index is 1.67. The van der Waals surface area contributed by atoms with Gasteiger partial charge in [0, 0.05) is 30.7 Å². The van der Waals surface area contributed by atoms with E-state index in [0.717, 1.165) is 17.7 Å². The lowest BCUT2D eigenvalue weighted by Gasteiger charge is -2.11. The molecule has 0 bridgehead atoms. The highest BCUT2D eigenvalue weighted by Gasteiger charge is 2.10. The number of nitrogens with one attached hydrogen (secondary N) is 2. The second kappa shape index (κ2) is 9.01. The van der Waals surface area contributed by atoms with Crippen LogP contribution >= 0.6 is 0 Å². The molecule has 0 aliphatic rings. The van der Waals surface area contributed by atoms with Gasteiger partial charge in [-0.1, -0.05) is 6.07 Å². The summed E-state index contributed by atoms with van der Waals surface area (Å²) in [7, 11) is 3.13. The topological polar surface area (TPSA) is 72.5 Å². The van der Waals surface area contributed by atoms with Crippen LogP contribution in [-0.2, 0) is 6.54 Å². The first-order chi connectivity index (χ1) is 14.0. The molecule has 8 heteroatoms. The van der Waals surface area contributed by atoms with E-state index in [-0.39, 0.29) is 11.3 Å². The molecule has 0 aliphatic carbocycles. The van der Waals surface area contributed by atoms with Crippen molar-refractivity contribution in [2.75, 3.05) is 24.9 Å². The molecule has 1 aromatic heterocycles. The summed E-state index contributed by atoms with van der Waals surface area (Å²) >= 11 is 0. The third kappa shape index (κ3) is 4.98. The van der Waals surface area contributed by atoms with Gasteiger partial charge in [-0.3, -0.25) is 9.78 Å². The third-order valence-corrected chi connectivity index (χ3v) is 4.12. The average molecular weight is 399 g/mol. The fraction of sp³-hybridized carbons (Fsp3) is 0.143. The van der Waals surface area contributed by atoms with Gasteiger partial charge in [-0.2, -0.15) is 0 Å². The van der Waals surface area contributed by atoms with Crippen LogP contribution in [0.15, 0.2) is 54.9 Å². The quantitative estimate of drug-likeness (QED) is 0.622. The van der Waals surface area contributed by atoms with Crippen molar-refractivity contribution in [3.63, 3.8) is 0 Å². The number of nitrogens with zero attached hydrogens (tertiary/aromatic N) is 1. The van der Waals surface area contributed by atoms with E-state index in [1.165, 1.54) is 12.3 Å². The first-order valence-corrected chi connectivity index (χ1v) is 8.66. The largest absolute Gasteiger partial charge is 0.493 e. The number of benzene rings is 2. The number of hydrogen-bond acceptors (Lipinski definition) is 5. The first kappa shape index (κ1) is 20.1. The molecule has 29 heavy (non-hydrogen) atoms. The van der Waals surface area contributed by atoms with Crippen LogP contribution in [0.25, 0.3) is 0 Å². The fourth-order valence-corrected chi connectivity index (χ4v) is 2.63. The number of halogens is 2. The first-order valence-electron chi connectivity index (χ1n) is 8.66. The van der Waals surface area contributed by atoms with E-state index in [0.29, 0.717) is 23.7 Å². The lowest BCUT2D eigenvalue weighted by atomic mass is 10.2. The Morgan fingerprint density at radius 3 is 2.45 bits per heavy atom. The number of rotatable bonds is 7. The fourth-order valence-electron chi connectivity index (χ4n) is 2.63. The molecule has 0 radical (unpaired) electrons. The molecule has 2 aromatic carbocycles. The number of methoxy groups -OCH3 is 2. The minimum Gasteiger partial charge on any atom is -0.493 e. The van der Waals surface area contributed by atoms with E-state index in [9.17, 15) is 13.6 Å². The number of ether oxygens (including phenoxy) is 2. The van der Waals surface area contributed by atoms with Gasteiger partial charge in [-0.25, -0.2) is 8.78 Å². The van der Waals surface area contributed by atoms with Crippen molar-refractivity contribution in [2.45, 2.75) is 6.54 Å². The second-order valence-electron chi connectivity index (χ2n) is 6.09. The van der Waals surface area contributed by atoms with Crippen molar-refractivity contribution in [3.05, 3.63) is 77.6 Å². The number of pyridine rings is 1. The summed E-state index contributed by atoms with van der Waals surface area (Å²) in [5, 5.41) is 5.69. The maximum absolute atomic E-state index is 13.3. The Hall–Kier alpha value is -3.68. The molecule has 0 atom stereocenters. The molecule has 0 fully saturated rings. The van der Waals surface area contributed by atoms with E-state index >= 15 is 0 Å². The Labute approximate surface area is 166 Å². The molecule has 1 heterocycles. The molecular formula is C21H19F2N3O3. The molecule has 0 spiro atoms. The smallest absolute Gasteiger partial charge is 0.257 e. The normalized spacial score (nSPS) is 10.3. The van der Waals surface area contributed by atoms with Gasteiger partial charge in [0.15, 0.2) is 23.1 Å². The summed E-state index contributed by atoms with van der Waals surface area (Å²) in [6.45, 7) is 0.469. The van der Waals surface area contributed by atoms with Crippen molar-refractivity contribution in [2.24, 2.45) is 0 Å².